The van der Waals surface area contributed by atoms with Gasteiger partial charge >= 0.3 is 11.8 Å². The Morgan fingerprint density at radius 1 is 1.50 bits per heavy atom. The maximum atomic E-state index is 11.5. The van der Waals surface area contributed by atoms with E-state index in [4.69, 9.17) is 5.73 Å². The van der Waals surface area contributed by atoms with E-state index in [1.54, 1.807) is 0 Å². The number of carbonyl (C=O) groups is 1. The SMILES string of the molecule is CS(=O)(=O)c1cccc(NCCOC(N)=O)c1[N+](=O)[O-]. The van der Waals surface area contributed by atoms with E-state index in [0.717, 1.165) is 12.3 Å². The number of benzene rings is 1. The number of sulfone groups is 1. The first-order valence-corrected chi connectivity index (χ1v) is 7.26. The minimum absolute atomic E-state index is 0.0194. The Morgan fingerprint density at radius 3 is 2.65 bits per heavy atom. The van der Waals surface area contributed by atoms with Gasteiger partial charge in [-0.05, 0) is 12.1 Å². The molecule has 0 aliphatic rings. The lowest BCUT2D eigenvalue weighted by molar-refractivity contribution is -0.386. The van der Waals surface area contributed by atoms with Gasteiger partial charge in [0.1, 0.15) is 17.2 Å². The first-order valence-electron chi connectivity index (χ1n) is 5.37. The predicted molar refractivity (Wildman–Crippen MR) is 70.2 cm³/mol. The van der Waals surface area contributed by atoms with Gasteiger partial charge in [0.15, 0.2) is 9.84 Å². The summed E-state index contributed by atoms with van der Waals surface area (Å²) in [6, 6.07) is 3.89. The van der Waals surface area contributed by atoms with E-state index in [1.807, 2.05) is 0 Å². The summed E-state index contributed by atoms with van der Waals surface area (Å²) < 4.78 is 27.5. The van der Waals surface area contributed by atoms with Crippen molar-refractivity contribution in [1.82, 2.24) is 0 Å². The van der Waals surface area contributed by atoms with Gasteiger partial charge in [-0.2, -0.15) is 0 Å². The highest BCUT2D eigenvalue weighted by atomic mass is 32.2. The fraction of sp³-hybridized carbons (Fsp3) is 0.300. The van der Waals surface area contributed by atoms with Crippen LogP contribution in [0.3, 0.4) is 0 Å². The maximum absolute atomic E-state index is 11.5. The van der Waals surface area contributed by atoms with Crippen molar-refractivity contribution in [3.05, 3.63) is 28.3 Å². The molecule has 1 amide bonds. The molecule has 3 N–H and O–H groups in total. The van der Waals surface area contributed by atoms with E-state index < -0.39 is 26.5 Å². The number of para-hydroxylation sites is 1. The molecular weight excluding hydrogens is 290 g/mol. The summed E-state index contributed by atoms with van der Waals surface area (Å²) in [6.07, 6.45) is -0.0823. The molecule has 0 bridgehead atoms. The smallest absolute Gasteiger partial charge is 0.404 e. The molecule has 0 radical (unpaired) electrons. The van der Waals surface area contributed by atoms with Crippen LogP contribution >= 0.6 is 0 Å². The quantitative estimate of drug-likeness (QED) is 0.442. The van der Waals surface area contributed by atoms with E-state index in [1.165, 1.54) is 12.1 Å². The number of carbonyl (C=O) groups excluding carboxylic acids is 1. The topological polar surface area (TPSA) is 142 Å². The maximum Gasteiger partial charge on any atom is 0.404 e. The standard InChI is InChI=1S/C10H13N3O6S/c1-20(17,18)8-4-2-3-7(9(8)13(15)16)12-5-6-19-10(11)14/h2-4,12H,5-6H2,1H3,(H2,11,14). The summed E-state index contributed by atoms with van der Waals surface area (Å²) in [7, 11) is -3.73. The number of hydrogen-bond acceptors (Lipinski definition) is 7. The van der Waals surface area contributed by atoms with Crippen molar-refractivity contribution in [3.8, 4) is 0 Å². The summed E-state index contributed by atoms with van der Waals surface area (Å²) in [5, 5.41) is 13.6. The second-order valence-electron chi connectivity index (χ2n) is 3.78. The summed E-state index contributed by atoms with van der Waals surface area (Å²) in [4.78, 5) is 20.2. The zero-order valence-corrected chi connectivity index (χ0v) is 11.3. The average Bonchev–Trinajstić information content (AvgIpc) is 2.32. The van der Waals surface area contributed by atoms with Crippen LogP contribution in [0.25, 0.3) is 0 Å². The van der Waals surface area contributed by atoms with Gasteiger partial charge < -0.3 is 15.8 Å². The Bertz CT molecular complexity index is 628. The van der Waals surface area contributed by atoms with Crippen LogP contribution in [-0.4, -0.2) is 38.8 Å². The van der Waals surface area contributed by atoms with E-state index >= 15 is 0 Å². The van der Waals surface area contributed by atoms with Crippen molar-refractivity contribution in [1.29, 1.82) is 0 Å². The number of ether oxygens (including phenoxy) is 1. The molecule has 1 aromatic carbocycles. The minimum atomic E-state index is -3.73. The van der Waals surface area contributed by atoms with Crippen molar-refractivity contribution >= 4 is 27.3 Å². The van der Waals surface area contributed by atoms with Gasteiger partial charge in [-0.1, -0.05) is 6.07 Å². The molecular formula is C10H13N3O6S. The van der Waals surface area contributed by atoms with Crippen LogP contribution in [0.1, 0.15) is 0 Å². The predicted octanol–water partition coefficient (Wildman–Crippen LogP) is 0.506. The number of anilines is 1. The first kappa shape index (κ1) is 15.7. The molecule has 110 valence electrons. The van der Waals surface area contributed by atoms with Crippen molar-refractivity contribution in [2.75, 3.05) is 24.7 Å². The van der Waals surface area contributed by atoms with Crippen LogP contribution in [0.15, 0.2) is 23.1 Å². The molecule has 0 spiro atoms. The molecule has 0 aromatic heterocycles. The summed E-state index contributed by atoms with van der Waals surface area (Å²) in [5.41, 5.74) is 4.23. The van der Waals surface area contributed by atoms with Crippen LogP contribution in [0.4, 0.5) is 16.2 Å². The van der Waals surface area contributed by atoms with E-state index in [2.05, 4.69) is 10.1 Å². The monoisotopic (exact) mass is 303 g/mol. The highest BCUT2D eigenvalue weighted by molar-refractivity contribution is 7.90. The molecule has 10 heteroatoms. The molecule has 9 nitrogen and oxygen atoms in total. The third-order valence-corrected chi connectivity index (χ3v) is 3.37. The van der Waals surface area contributed by atoms with Gasteiger partial charge in [-0.25, -0.2) is 13.2 Å². The number of rotatable bonds is 6. The third-order valence-electron chi connectivity index (χ3n) is 2.24. The van der Waals surface area contributed by atoms with Crippen molar-refractivity contribution in [3.63, 3.8) is 0 Å². The molecule has 0 unspecified atom stereocenters. The fourth-order valence-corrected chi connectivity index (χ4v) is 2.35. The van der Waals surface area contributed by atoms with Crippen LogP contribution in [0.2, 0.25) is 0 Å². The Balaban J connectivity index is 3.02. The molecule has 20 heavy (non-hydrogen) atoms. The second kappa shape index (κ2) is 6.19. The summed E-state index contributed by atoms with van der Waals surface area (Å²) >= 11 is 0. The van der Waals surface area contributed by atoms with Gasteiger partial charge in [0.05, 0.1) is 4.92 Å². The van der Waals surface area contributed by atoms with Crippen LogP contribution < -0.4 is 11.1 Å². The van der Waals surface area contributed by atoms with Crippen LogP contribution in [0.5, 0.6) is 0 Å². The lowest BCUT2D eigenvalue weighted by Crippen LogP contribution is -2.18. The molecule has 1 rings (SSSR count). The van der Waals surface area contributed by atoms with Gasteiger partial charge in [0, 0.05) is 12.8 Å². The molecule has 0 fully saturated rings. The zero-order valence-electron chi connectivity index (χ0n) is 10.5. The molecule has 0 atom stereocenters. The molecule has 0 aliphatic carbocycles. The molecule has 0 heterocycles. The lowest BCUT2D eigenvalue weighted by atomic mass is 10.2. The number of nitrogens with zero attached hydrogens (tertiary/aromatic N) is 1. The number of nitro benzene ring substituents is 1. The second-order valence-corrected chi connectivity index (χ2v) is 5.76. The van der Waals surface area contributed by atoms with Crippen LogP contribution in [0, 0.1) is 10.1 Å². The molecule has 1 aromatic rings. The van der Waals surface area contributed by atoms with Gasteiger partial charge in [-0.15, -0.1) is 0 Å². The number of nitrogens with two attached hydrogens (primary N) is 1. The van der Waals surface area contributed by atoms with Gasteiger partial charge in [0.25, 0.3) is 0 Å². The highest BCUT2D eigenvalue weighted by Crippen LogP contribution is 2.31. The Morgan fingerprint density at radius 2 is 2.15 bits per heavy atom. The van der Waals surface area contributed by atoms with Crippen LogP contribution in [-0.2, 0) is 14.6 Å². The Labute approximate surface area is 114 Å². The Kier molecular flexibility index (Phi) is 4.86. The first-order chi connectivity index (χ1) is 9.23. The van der Waals surface area contributed by atoms with E-state index in [9.17, 15) is 23.3 Å². The van der Waals surface area contributed by atoms with Crippen molar-refractivity contribution in [2.45, 2.75) is 4.90 Å². The van der Waals surface area contributed by atoms with E-state index in [-0.39, 0.29) is 23.7 Å². The average molecular weight is 303 g/mol. The lowest BCUT2D eigenvalue weighted by Gasteiger charge is -2.09. The van der Waals surface area contributed by atoms with Crippen molar-refractivity contribution in [2.24, 2.45) is 5.73 Å². The third kappa shape index (κ3) is 4.09. The molecule has 0 saturated heterocycles. The van der Waals surface area contributed by atoms with Crippen molar-refractivity contribution < 1.29 is 22.9 Å². The summed E-state index contributed by atoms with van der Waals surface area (Å²) in [5.74, 6) is 0. The normalized spacial score (nSPS) is 10.8. The minimum Gasteiger partial charge on any atom is -0.448 e. The highest BCUT2D eigenvalue weighted by Gasteiger charge is 2.25. The number of nitrogens with one attached hydrogen (secondary N) is 1. The molecule has 0 saturated carbocycles. The van der Waals surface area contributed by atoms with E-state index in [0.29, 0.717) is 0 Å². The number of primary amides is 1. The molecule has 0 aliphatic heterocycles. The zero-order chi connectivity index (χ0) is 15.3. The van der Waals surface area contributed by atoms with Gasteiger partial charge in [0.2, 0.25) is 0 Å². The van der Waals surface area contributed by atoms with Gasteiger partial charge in [-0.3, -0.25) is 10.1 Å². The number of amides is 1. The fourth-order valence-electron chi connectivity index (χ4n) is 1.49. The number of nitro groups is 1. The largest absolute Gasteiger partial charge is 0.448 e. The number of hydrogen-bond donors (Lipinski definition) is 2. The Hall–Kier alpha value is -2.36. The summed E-state index contributed by atoms with van der Waals surface area (Å²) in [6.45, 7) is -0.0490.